The summed E-state index contributed by atoms with van der Waals surface area (Å²) in [7, 11) is 3.73. The van der Waals surface area contributed by atoms with Gasteiger partial charge in [0.1, 0.15) is 0 Å². The van der Waals surface area contributed by atoms with Crippen LogP contribution in [0.1, 0.15) is 97.3 Å². The van der Waals surface area contributed by atoms with E-state index in [9.17, 15) is 20.1 Å². The molecular weight excluding hydrogens is 508 g/mol. The summed E-state index contributed by atoms with van der Waals surface area (Å²) in [6.07, 6.45) is 11.8. The Hall–Kier alpha value is -0.0700. The fourth-order valence-corrected chi connectivity index (χ4v) is 9.17. The highest BCUT2D eigenvalue weighted by Crippen LogP contribution is 2.36. The van der Waals surface area contributed by atoms with Crippen LogP contribution >= 0.6 is 21.6 Å². The molecule has 3 saturated heterocycles. The molecule has 0 aliphatic carbocycles. The number of aliphatic carboxylic acids is 1. The lowest BCUT2D eigenvalue weighted by molar-refractivity contribution is -0.143. The molecule has 3 aliphatic rings. The van der Waals surface area contributed by atoms with Gasteiger partial charge in [0, 0.05) is 41.7 Å². The normalized spacial score (nSPS) is 39.9. The molecule has 8 atom stereocenters. The zero-order valence-electron chi connectivity index (χ0n) is 22.9. The number of fused-ring (bicyclic) bond motifs is 2. The minimum Gasteiger partial charge on any atom is -0.481 e. The molecule has 8 N–H and O–H groups in total. The maximum Gasteiger partial charge on any atom is 0.306 e. The Morgan fingerprint density at radius 1 is 1.00 bits per heavy atom. The smallest absolute Gasteiger partial charge is 0.306 e. The van der Waals surface area contributed by atoms with Crippen molar-refractivity contribution in [3.05, 3.63) is 0 Å². The van der Waals surface area contributed by atoms with Crippen molar-refractivity contribution in [1.82, 2.24) is 16.0 Å². The van der Waals surface area contributed by atoms with Gasteiger partial charge in [0.05, 0.1) is 24.3 Å². The molecule has 2 bridgehead atoms. The van der Waals surface area contributed by atoms with Crippen molar-refractivity contribution in [2.24, 2.45) is 11.7 Å². The zero-order chi connectivity index (χ0) is 26.9. The van der Waals surface area contributed by atoms with E-state index in [0.29, 0.717) is 24.4 Å². The first-order valence-corrected chi connectivity index (χ1v) is 16.9. The molecule has 0 amide bonds. The highest BCUT2D eigenvalue weighted by Gasteiger charge is 2.40. The van der Waals surface area contributed by atoms with Gasteiger partial charge in [0.2, 0.25) is 0 Å². The van der Waals surface area contributed by atoms with Gasteiger partial charge < -0.3 is 31.7 Å². The van der Waals surface area contributed by atoms with Crippen LogP contribution in [-0.2, 0) is 4.79 Å². The summed E-state index contributed by atoms with van der Waals surface area (Å²) in [6, 6.07) is 1.05. The van der Waals surface area contributed by atoms with Gasteiger partial charge in [-0.15, -0.1) is 0 Å². The van der Waals surface area contributed by atoms with Crippen molar-refractivity contribution < 1.29 is 20.1 Å². The van der Waals surface area contributed by atoms with Gasteiger partial charge in [-0.25, -0.2) is 0 Å². The molecule has 0 saturated carbocycles. The van der Waals surface area contributed by atoms with Crippen LogP contribution in [0.3, 0.4) is 0 Å². The van der Waals surface area contributed by atoms with Gasteiger partial charge in [-0.05, 0) is 64.7 Å². The summed E-state index contributed by atoms with van der Waals surface area (Å²) in [4.78, 5) is 11.7. The molecule has 8 nitrogen and oxygen atoms in total. The molecule has 0 spiro atoms. The SMILES string of the molecule is C[C@@H]1N[C@H](CCCCCCC[C@@H]2CSSC[C@H]3C[C@](C)(C[C@H](N)N3)NC[C@](O)(CC(=O)O)C2)CC[C@H]1O. The summed E-state index contributed by atoms with van der Waals surface area (Å²) in [6.45, 7) is 4.51. The highest BCUT2D eigenvalue weighted by molar-refractivity contribution is 8.76. The molecule has 10 heteroatoms. The quantitative estimate of drug-likeness (QED) is 0.157. The van der Waals surface area contributed by atoms with Crippen LogP contribution in [0.2, 0.25) is 0 Å². The Balaban J connectivity index is 1.45. The van der Waals surface area contributed by atoms with E-state index in [2.05, 4.69) is 29.8 Å². The van der Waals surface area contributed by atoms with Crippen molar-refractivity contribution in [2.75, 3.05) is 18.1 Å². The molecule has 37 heavy (non-hydrogen) atoms. The van der Waals surface area contributed by atoms with Gasteiger partial charge in [0.15, 0.2) is 0 Å². The number of aliphatic hydroxyl groups is 2. The Morgan fingerprint density at radius 3 is 2.43 bits per heavy atom. The van der Waals surface area contributed by atoms with Crippen molar-refractivity contribution in [3.8, 4) is 0 Å². The molecule has 3 heterocycles. The third kappa shape index (κ3) is 11.1. The molecular formula is C27H52N4O4S2. The maximum atomic E-state index is 11.7. The Labute approximate surface area is 231 Å². The Bertz CT molecular complexity index is 707. The van der Waals surface area contributed by atoms with E-state index in [-0.39, 0.29) is 36.8 Å². The summed E-state index contributed by atoms with van der Waals surface area (Å²) in [5, 5.41) is 41.5. The number of hydrogen-bond donors (Lipinski definition) is 7. The predicted molar refractivity (Wildman–Crippen MR) is 155 cm³/mol. The van der Waals surface area contributed by atoms with E-state index >= 15 is 0 Å². The molecule has 0 aromatic rings. The molecule has 0 aromatic heterocycles. The number of unbranched alkanes of at least 4 members (excludes halogenated alkanes) is 4. The van der Waals surface area contributed by atoms with E-state index in [1.807, 2.05) is 21.6 Å². The van der Waals surface area contributed by atoms with E-state index in [1.54, 1.807) is 0 Å². The lowest BCUT2D eigenvalue weighted by atomic mass is 9.82. The first-order valence-electron chi connectivity index (χ1n) is 14.5. The zero-order valence-corrected chi connectivity index (χ0v) is 24.6. The standard InChI is InChI=1S/C27H52N4O4S2/c1-19-23(32)11-10-21(30-19)9-7-5-3-4-6-8-20-12-27(35,15-25(33)34)18-29-26(2)13-22(17-37-36-16-20)31-24(28)14-26/h19-24,29-32,35H,3-18,28H2,1-2H3,(H,33,34)/t19-,20-,21+,22+,23+,24+,26+,27+/m0/s1. The molecule has 3 fully saturated rings. The monoisotopic (exact) mass is 560 g/mol. The molecule has 3 aliphatic heterocycles. The average Bonchev–Trinajstić information content (AvgIpc) is 2.80. The number of aliphatic hydroxyl groups excluding tert-OH is 1. The summed E-state index contributed by atoms with van der Waals surface area (Å²) in [5.74, 6) is 1.28. The third-order valence-corrected chi connectivity index (χ3v) is 11.1. The van der Waals surface area contributed by atoms with Crippen LogP contribution in [-0.4, -0.2) is 80.9 Å². The van der Waals surface area contributed by atoms with E-state index in [0.717, 1.165) is 50.0 Å². The van der Waals surface area contributed by atoms with Crippen LogP contribution in [0.15, 0.2) is 0 Å². The Morgan fingerprint density at radius 2 is 1.70 bits per heavy atom. The topological polar surface area (TPSA) is 140 Å². The minimum absolute atomic E-state index is 0.0968. The van der Waals surface area contributed by atoms with Crippen LogP contribution in [0.5, 0.6) is 0 Å². The fourth-order valence-electron chi connectivity index (χ4n) is 6.48. The number of β-amino-alcohol motifs (C(OH)–C–C–N with tert-alkyl or cyclic N) is 1. The Kier molecular flexibility index (Phi) is 12.8. The minimum atomic E-state index is -1.26. The number of nitrogens with two attached hydrogens (primary N) is 1. The van der Waals surface area contributed by atoms with Crippen molar-refractivity contribution in [2.45, 2.75) is 139 Å². The van der Waals surface area contributed by atoms with Crippen LogP contribution in [0.4, 0.5) is 0 Å². The molecule has 0 aromatic carbocycles. The van der Waals surface area contributed by atoms with Crippen molar-refractivity contribution >= 4 is 27.6 Å². The fraction of sp³-hybridized carbons (Fsp3) is 0.963. The third-order valence-electron chi connectivity index (χ3n) is 8.52. The van der Waals surface area contributed by atoms with Gasteiger partial charge in [-0.1, -0.05) is 53.7 Å². The van der Waals surface area contributed by atoms with Crippen LogP contribution in [0.25, 0.3) is 0 Å². The first kappa shape index (κ1) is 31.5. The number of hydrogen-bond acceptors (Lipinski definition) is 9. The lowest BCUT2D eigenvalue weighted by Gasteiger charge is -2.45. The van der Waals surface area contributed by atoms with Gasteiger partial charge in [0.25, 0.3) is 0 Å². The van der Waals surface area contributed by atoms with Crippen LogP contribution < -0.4 is 21.7 Å². The highest BCUT2D eigenvalue weighted by atomic mass is 33.1. The van der Waals surface area contributed by atoms with Gasteiger partial charge in [-0.2, -0.15) is 0 Å². The van der Waals surface area contributed by atoms with E-state index < -0.39 is 11.6 Å². The molecule has 0 radical (unpaired) electrons. The summed E-state index contributed by atoms with van der Waals surface area (Å²) in [5.41, 5.74) is 4.80. The second-order valence-electron chi connectivity index (χ2n) is 12.4. The van der Waals surface area contributed by atoms with Crippen molar-refractivity contribution in [1.29, 1.82) is 0 Å². The van der Waals surface area contributed by atoms with Crippen LogP contribution in [0, 0.1) is 5.92 Å². The molecule has 216 valence electrons. The first-order chi connectivity index (χ1) is 17.6. The van der Waals surface area contributed by atoms with Crippen molar-refractivity contribution in [3.63, 3.8) is 0 Å². The second-order valence-corrected chi connectivity index (χ2v) is 14.9. The number of carbonyl (C=O) groups is 1. The average molecular weight is 561 g/mol. The molecule has 0 unspecified atom stereocenters. The summed E-state index contributed by atoms with van der Waals surface area (Å²) < 4.78 is 0. The van der Waals surface area contributed by atoms with Gasteiger partial charge >= 0.3 is 5.97 Å². The van der Waals surface area contributed by atoms with E-state index in [4.69, 9.17) is 5.73 Å². The second kappa shape index (κ2) is 15.1. The van der Waals surface area contributed by atoms with E-state index in [1.165, 1.54) is 32.1 Å². The number of carboxylic acids is 1. The number of carboxylic acid groups (broad SMARTS) is 1. The number of piperidine rings is 2. The molecule has 3 rings (SSSR count). The largest absolute Gasteiger partial charge is 0.481 e. The number of rotatable bonds is 10. The van der Waals surface area contributed by atoms with Gasteiger partial charge in [-0.3, -0.25) is 10.1 Å². The maximum absolute atomic E-state index is 11.7. The lowest BCUT2D eigenvalue weighted by Crippen LogP contribution is -2.63. The number of nitrogens with one attached hydrogen (secondary N) is 3. The summed E-state index contributed by atoms with van der Waals surface area (Å²) >= 11 is 0. The predicted octanol–water partition coefficient (Wildman–Crippen LogP) is 3.21.